The van der Waals surface area contributed by atoms with Gasteiger partial charge in [0.1, 0.15) is 0 Å². The van der Waals surface area contributed by atoms with Crippen LogP contribution in [0, 0.1) is 11.3 Å². The van der Waals surface area contributed by atoms with Crippen LogP contribution in [0.5, 0.6) is 0 Å². The third-order valence-corrected chi connectivity index (χ3v) is 6.39. The highest BCUT2D eigenvalue weighted by atomic mass is 35.5. The summed E-state index contributed by atoms with van der Waals surface area (Å²) in [5.74, 6) is -0.367. The number of nitrogens with one attached hydrogen (secondary N) is 1. The largest absolute Gasteiger partial charge is 0.324 e. The highest BCUT2D eigenvalue weighted by Gasteiger charge is 2.26. The molecule has 1 fully saturated rings. The molecule has 1 aromatic rings. The van der Waals surface area contributed by atoms with Crippen LogP contribution in [0.2, 0.25) is 5.02 Å². The van der Waals surface area contributed by atoms with Crippen molar-refractivity contribution in [1.29, 1.82) is 5.26 Å². The maximum atomic E-state index is 12.9. The molecule has 1 amide bonds. The molecule has 142 valence electrons. The van der Waals surface area contributed by atoms with E-state index in [4.69, 9.17) is 16.9 Å². The summed E-state index contributed by atoms with van der Waals surface area (Å²) in [6, 6.07) is 6.28. The first-order chi connectivity index (χ1) is 12.3. The van der Waals surface area contributed by atoms with Crippen LogP contribution in [-0.2, 0) is 14.8 Å². The highest BCUT2D eigenvalue weighted by molar-refractivity contribution is 7.89. The third-order valence-electron chi connectivity index (χ3n) is 4.17. The van der Waals surface area contributed by atoms with Gasteiger partial charge in [-0.2, -0.15) is 9.57 Å². The topological polar surface area (TPSA) is 93.5 Å². The van der Waals surface area contributed by atoms with Gasteiger partial charge in [-0.3, -0.25) is 9.69 Å². The van der Waals surface area contributed by atoms with Crippen LogP contribution in [0.1, 0.15) is 25.7 Å². The van der Waals surface area contributed by atoms with Crippen molar-refractivity contribution in [2.24, 2.45) is 0 Å². The molecule has 26 heavy (non-hydrogen) atoms. The Hall–Kier alpha value is -1.66. The van der Waals surface area contributed by atoms with E-state index in [0.717, 1.165) is 25.7 Å². The first kappa shape index (κ1) is 20.6. The van der Waals surface area contributed by atoms with Crippen molar-refractivity contribution in [3.63, 3.8) is 0 Å². The van der Waals surface area contributed by atoms with E-state index in [1.165, 1.54) is 22.5 Å². The van der Waals surface area contributed by atoms with Crippen molar-refractivity contribution in [3.05, 3.63) is 23.2 Å². The van der Waals surface area contributed by atoms with Gasteiger partial charge in [0.25, 0.3) is 0 Å². The van der Waals surface area contributed by atoms with E-state index in [2.05, 4.69) is 5.32 Å². The molecule has 1 aliphatic heterocycles. The van der Waals surface area contributed by atoms with E-state index in [1.54, 1.807) is 11.9 Å². The minimum absolute atomic E-state index is 0.00694. The molecule has 1 heterocycles. The zero-order chi connectivity index (χ0) is 19.2. The summed E-state index contributed by atoms with van der Waals surface area (Å²) in [6.45, 7) is 1.13. The normalized spacial score (nSPS) is 16.1. The van der Waals surface area contributed by atoms with Crippen molar-refractivity contribution in [1.82, 2.24) is 9.21 Å². The number of halogens is 1. The molecule has 0 radical (unpaired) electrons. The number of hydrogen-bond donors (Lipinski definition) is 1. The molecule has 1 N–H and O–H groups in total. The molecule has 2 rings (SSSR count). The second-order valence-electron chi connectivity index (χ2n) is 6.34. The van der Waals surface area contributed by atoms with Crippen LogP contribution >= 0.6 is 11.6 Å². The van der Waals surface area contributed by atoms with Gasteiger partial charge < -0.3 is 5.32 Å². The molecule has 0 saturated carbocycles. The molecule has 0 aliphatic carbocycles. The number of anilines is 1. The van der Waals surface area contributed by atoms with Crippen LogP contribution in [0.4, 0.5) is 5.69 Å². The Kier molecular flexibility index (Phi) is 7.41. The molecule has 1 aliphatic rings. The molecule has 0 bridgehead atoms. The zero-order valence-electron chi connectivity index (χ0n) is 14.7. The molecular formula is C17H23ClN4O3S. The Balaban J connectivity index is 2.18. The van der Waals surface area contributed by atoms with Crippen LogP contribution < -0.4 is 5.32 Å². The van der Waals surface area contributed by atoms with Gasteiger partial charge >= 0.3 is 0 Å². The fourth-order valence-electron chi connectivity index (χ4n) is 2.80. The van der Waals surface area contributed by atoms with Gasteiger partial charge in [0, 0.05) is 13.1 Å². The van der Waals surface area contributed by atoms with E-state index in [9.17, 15) is 13.2 Å². The van der Waals surface area contributed by atoms with Gasteiger partial charge in [-0.25, -0.2) is 8.42 Å². The quantitative estimate of drug-likeness (QED) is 0.742. The summed E-state index contributed by atoms with van der Waals surface area (Å²) in [4.78, 5) is 13.7. The van der Waals surface area contributed by atoms with Gasteiger partial charge in [0.05, 0.1) is 34.8 Å². The molecule has 0 unspecified atom stereocenters. The van der Waals surface area contributed by atoms with E-state index >= 15 is 0 Å². The minimum atomic E-state index is -3.62. The molecule has 9 heteroatoms. The van der Waals surface area contributed by atoms with Gasteiger partial charge in [-0.15, -0.1) is 0 Å². The Morgan fingerprint density at radius 3 is 2.58 bits per heavy atom. The summed E-state index contributed by atoms with van der Waals surface area (Å²) in [5, 5.41) is 11.5. The van der Waals surface area contributed by atoms with E-state index in [0.29, 0.717) is 13.1 Å². The lowest BCUT2D eigenvalue weighted by Gasteiger charge is -2.20. The number of likely N-dealkylation sites (N-methyl/N-ethyl adjacent to an activating group) is 1. The number of nitrogens with zero attached hydrogens (tertiary/aromatic N) is 3. The van der Waals surface area contributed by atoms with Crippen molar-refractivity contribution in [2.45, 2.75) is 30.6 Å². The number of benzene rings is 1. The van der Waals surface area contributed by atoms with E-state index in [-0.39, 0.29) is 34.6 Å². The predicted octanol–water partition coefficient (Wildman–Crippen LogP) is 2.30. The summed E-state index contributed by atoms with van der Waals surface area (Å²) in [5.41, 5.74) is 0.248. The number of amides is 1. The Labute approximate surface area is 159 Å². The Morgan fingerprint density at radius 1 is 1.31 bits per heavy atom. The molecule has 0 atom stereocenters. The second-order valence-corrected chi connectivity index (χ2v) is 8.68. The fourth-order valence-corrected chi connectivity index (χ4v) is 4.51. The lowest BCUT2D eigenvalue weighted by Crippen LogP contribution is -2.32. The number of rotatable bonds is 6. The first-order valence-electron chi connectivity index (χ1n) is 8.49. The maximum Gasteiger partial charge on any atom is 0.243 e. The van der Waals surface area contributed by atoms with Crippen LogP contribution in [0.15, 0.2) is 23.1 Å². The summed E-state index contributed by atoms with van der Waals surface area (Å²) in [7, 11) is -1.98. The Morgan fingerprint density at radius 2 is 1.96 bits per heavy atom. The number of carbonyl (C=O) groups is 1. The average Bonchev–Trinajstić information content (AvgIpc) is 2.86. The van der Waals surface area contributed by atoms with Crippen molar-refractivity contribution in [3.8, 4) is 6.07 Å². The monoisotopic (exact) mass is 398 g/mol. The Bertz CT molecular complexity index is 784. The van der Waals surface area contributed by atoms with Gasteiger partial charge in [0.15, 0.2) is 0 Å². The second kappa shape index (κ2) is 9.33. The van der Waals surface area contributed by atoms with Crippen molar-refractivity contribution < 1.29 is 13.2 Å². The molecule has 7 nitrogen and oxygen atoms in total. The standard InChI is InChI=1S/C17H23ClN4O3S/c1-21(11-8-19)13-17(23)20-16-12-14(6-7-15(16)18)26(24,25)22-9-4-2-3-5-10-22/h6-7,12H,2-5,9-11,13H2,1H3,(H,20,23). The third kappa shape index (κ3) is 5.42. The van der Waals surface area contributed by atoms with Gasteiger partial charge in [-0.05, 0) is 38.1 Å². The molecule has 1 aromatic carbocycles. The molecular weight excluding hydrogens is 376 g/mol. The first-order valence-corrected chi connectivity index (χ1v) is 10.3. The number of sulfonamides is 1. The highest BCUT2D eigenvalue weighted by Crippen LogP contribution is 2.28. The van der Waals surface area contributed by atoms with Crippen molar-refractivity contribution >= 4 is 33.2 Å². The van der Waals surface area contributed by atoms with Crippen molar-refractivity contribution in [2.75, 3.05) is 38.5 Å². The van der Waals surface area contributed by atoms with Gasteiger partial charge in [0.2, 0.25) is 15.9 Å². The minimum Gasteiger partial charge on any atom is -0.324 e. The zero-order valence-corrected chi connectivity index (χ0v) is 16.3. The lowest BCUT2D eigenvalue weighted by atomic mass is 10.2. The molecule has 1 saturated heterocycles. The fraction of sp³-hybridized carbons (Fsp3) is 0.529. The number of carbonyl (C=O) groups excluding carboxylic acids is 1. The SMILES string of the molecule is CN(CC#N)CC(=O)Nc1cc(S(=O)(=O)N2CCCCCC2)ccc1Cl. The molecule has 0 spiro atoms. The summed E-state index contributed by atoms with van der Waals surface area (Å²) >= 11 is 6.11. The summed E-state index contributed by atoms with van der Waals surface area (Å²) in [6.07, 6.45) is 3.76. The van der Waals surface area contributed by atoms with E-state index < -0.39 is 10.0 Å². The predicted molar refractivity (Wildman–Crippen MR) is 100 cm³/mol. The summed E-state index contributed by atoms with van der Waals surface area (Å²) < 4.78 is 27.3. The lowest BCUT2D eigenvalue weighted by molar-refractivity contribution is -0.116. The van der Waals surface area contributed by atoms with Crippen LogP contribution in [-0.4, -0.2) is 56.8 Å². The average molecular weight is 399 g/mol. The maximum absolute atomic E-state index is 12.9. The number of hydrogen-bond acceptors (Lipinski definition) is 5. The molecule has 0 aromatic heterocycles. The van der Waals surface area contributed by atoms with Crippen LogP contribution in [0.25, 0.3) is 0 Å². The van der Waals surface area contributed by atoms with Gasteiger partial charge in [-0.1, -0.05) is 24.4 Å². The smallest absolute Gasteiger partial charge is 0.243 e. The van der Waals surface area contributed by atoms with E-state index in [1.807, 2.05) is 6.07 Å². The number of nitriles is 1. The van der Waals surface area contributed by atoms with Crippen LogP contribution in [0.3, 0.4) is 0 Å².